The molecule has 0 radical (unpaired) electrons. The summed E-state index contributed by atoms with van der Waals surface area (Å²) < 4.78 is 5.39. The maximum Gasteiger partial charge on any atom is 0.119 e. The van der Waals surface area contributed by atoms with Gasteiger partial charge in [0.25, 0.3) is 0 Å². The molecule has 3 nitrogen and oxygen atoms in total. The van der Waals surface area contributed by atoms with Crippen LogP contribution >= 0.6 is 0 Å². The first-order valence-electron chi connectivity index (χ1n) is 8.33. The molecule has 1 saturated heterocycles. The second kappa shape index (κ2) is 7.28. The van der Waals surface area contributed by atoms with E-state index in [0.29, 0.717) is 6.04 Å². The molecule has 2 unspecified atom stereocenters. The summed E-state index contributed by atoms with van der Waals surface area (Å²) >= 11 is 0. The summed E-state index contributed by atoms with van der Waals surface area (Å²) in [5, 5.41) is 0. The third kappa shape index (κ3) is 3.41. The highest BCUT2D eigenvalue weighted by atomic mass is 16.5. The number of nitrogens with two attached hydrogens (primary N) is 1. The van der Waals surface area contributed by atoms with Gasteiger partial charge in [-0.05, 0) is 56.5 Å². The van der Waals surface area contributed by atoms with Gasteiger partial charge in [-0.15, -0.1) is 0 Å². The van der Waals surface area contributed by atoms with Crippen LogP contribution in [-0.2, 0) is 5.54 Å². The van der Waals surface area contributed by atoms with Crippen LogP contribution in [0.3, 0.4) is 0 Å². The molecular formula is C18H30N2O. The normalized spacial score (nSPS) is 20.2. The highest BCUT2D eigenvalue weighted by molar-refractivity contribution is 5.34. The van der Waals surface area contributed by atoms with E-state index in [0.717, 1.165) is 18.6 Å². The lowest BCUT2D eigenvalue weighted by atomic mass is 9.78. The molecule has 0 aliphatic carbocycles. The standard InChI is InChI=1S/C18H30N2O/c1-4-9-17(20-12-6-7-13-20)18(19,5-2)15-10-8-11-16(14-15)21-3/h8,10-11,14,17H,4-7,9,12-13,19H2,1-3H3. The molecule has 118 valence electrons. The third-order valence-corrected chi connectivity index (χ3v) is 4.93. The van der Waals surface area contributed by atoms with Crippen molar-refractivity contribution in [1.82, 2.24) is 4.90 Å². The predicted molar refractivity (Wildman–Crippen MR) is 88.7 cm³/mol. The average molecular weight is 290 g/mol. The van der Waals surface area contributed by atoms with Gasteiger partial charge >= 0.3 is 0 Å². The van der Waals surface area contributed by atoms with Crippen LogP contribution in [0.25, 0.3) is 0 Å². The van der Waals surface area contributed by atoms with Crippen LogP contribution in [0, 0.1) is 0 Å². The Kier molecular flexibility index (Phi) is 5.65. The number of benzene rings is 1. The first kappa shape index (κ1) is 16.3. The molecule has 3 heteroatoms. The van der Waals surface area contributed by atoms with Gasteiger partial charge in [0.05, 0.1) is 12.6 Å². The monoisotopic (exact) mass is 290 g/mol. The van der Waals surface area contributed by atoms with Crippen molar-refractivity contribution in [2.75, 3.05) is 20.2 Å². The quantitative estimate of drug-likeness (QED) is 0.835. The van der Waals surface area contributed by atoms with Crippen LogP contribution in [0.15, 0.2) is 24.3 Å². The largest absolute Gasteiger partial charge is 0.497 e. The summed E-state index contributed by atoms with van der Waals surface area (Å²) in [6.45, 7) is 6.84. The summed E-state index contributed by atoms with van der Waals surface area (Å²) in [7, 11) is 1.72. The van der Waals surface area contributed by atoms with Crippen LogP contribution in [0.1, 0.15) is 51.5 Å². The Morgan fingerprint density at radius 3 is 2.57 bits per heavy atom. The Hall–Kier alpha value is -1.06. The lowest BCUT2D eigenvalue weighted by molar-refractivity contribution is 0.130. The zero-order valence-electron chi connectivity index (χ0n) is 13.8. The fraction of sp³-hybridized carbons (Fsp3) is 0.667. The summed E-state index contributed by atoms with van der Waals surface area (Å²) in [4.78, 5) is 2.60. The molecule has 2 atom stereocenters. The maximum absolute atomic E-state index is 6.96. The summed E-state index contributed by atoms with van der Waals surface area (Å²) in [6.07, 6.45) is 5.88. The molecule has 0 aromatic heterocycles. The van der Waals surface area contributed by atoms with Crippen molar-refractivity contribution in [3.8, 4) is 5.75 Å². The number of rotatable bonds is 7. The number of hydrogen-bond donors (Lipinski definition) is 1. The van der Waals surface area contributed by atoms with E-state index in [-0.39, 0.29) is 5.54 Å². The van der Waals surface area contributed by atoms with E-state index in [2.05, 4.69) is 36.9 Å². The number of hydrogen-bond acceptors (Lipinski definition) is 3. The Balaban J connectivity index is 2.35. The highest BCUT2D eigenvalue weighted by Gasteiger charge is 2.39. The highest BCUT2D eigenvalue weighted by Crippen LogP contribution is 2.35. The van der Waals surface area contributed by atoms with E-state index in [9.17, 15) is 0 Å². The Morgan fingerprint density at radius 2 is 2.00 bits per heavy atom. The Bertz CT molecular complexity index is 443. The van der Waals surface area contributed by atoms with Crippen LogP contribution in [-0.4, -0.2) is 31.1 Å². The van der Waals surface area contributed by atoms with E-state index in [1.165, 1.54) is 37.9 Å². The molecule has 1 fully saturated rings. The van der Waals surface area contributed by atoms with Gasteiger partial charge in [-0.2, -0.15) is 0 Å². The van der Waals surface area contributed by atoms with Crippen LogP contribution in [0.5, 0.6) is 5.75 Å². The first-order valence-corrected chi connectivity index (χ1v) is 8.33. The van der Waals surface area contributed by atoms with Crippen molar-refractivity contribution in [3.63, 3.8) is 0 Å². The molecule has 0 saturated carbocycles. The smallest absolute Gasteiger partial charge is 0.119 e. The molecule has 2 N–H and O–H groups in total. The van der Waals surface area contributed by atoms with Gasteiger partial charge in [0.15, 0.2) is 0 Å². The van der Waals surface area contributed by atoms with E-state index in [4.69, 9.17) is 10.5 Å². The first-order chi connectivity index (χ1) is 10.2. The zero-order chi connectivity index (χ0) is 15.3. The molecule has 0 spiro atoms. The van der Waals surface area contributed by atoms with Crippen LogP contribution < -0.4 is 10.5 Å². The number of nitrogens with zero attached hydrogens (tertiary/aromatic N) is 1. The second-order valence-electron chi connectivity index (χ2n) is 6.17. The van der Waals surface area contributed by atoms with Crippen LogP contribution in [0.2, 0.25) is 0 Å². The zero-order valence-corrected chi connectivity index (χ0v) is 13.8. The van der Waals surface area contributed by atoms with Gasteiger partial charge in [0.1, 0.15) is 5.75 Å². The molecule has 0 amide bonds. The van der Waals surface area contributed by atoms with E-state index >= 15 is 0 Å². The van der Waals surface area contributed by atoms with Crippen molar-refractivity contribution in [2.24, 2.45) is 5.73 Å². The van der Waals surface area contributed by atoms with Crippen molar-refractivity contribution >= 4 is 0 Å². The fourth-order valence-corrected chi connectivity index (χ4v) is 3.64. The summed E-state index contributed by atoms with van der Waals surface area (Å²) in [5.41, 5.74) is 7.86. The summed E-state index contributed by atoms with van der Waals surface area (Å²) in [5.74, 6) is 0.896. The molecule has 1 heterocycles. The lowest BCUT2D eigenvalue weighted by Gasteiger charge is -2.43. The Morgan fingerprint density at radius 1 is 1.29 bits per heavy atom. The molecule has 21 heavy (non-hydrogen) atoms. The van der Waals surface area contributed by atoms with Gasteiger partial charge < -0.3 is 10.5 Å². The second-order valence-corrected chi connectivity index (χ2v) is 6.17. The van der Waals surface area contributed by atoms with Crippen molar-refractivity contribution in [2.45, 2.75) is 57.5 Å². The molecule has 1 aromatic carbocycles. The molecule has 1 aliphatic rings. The van der Waals surface area contributed by atoms with Gasteiger partial charge in [0, 0.05) is 6.04 Å². The number of ether oxygens (including phenoxy) is 1. The molecule has 2 rings (SSSR count). The number of likely N-dealkylation sites (tertiary alicyclic amines) is 1. The fourth-order valence-electron chi connectivity index (χ4n) is 3.64. The van der Waals surface area contributed by atoms with Gasteiger partial charge in [-0.25, -0.2) is 0 Å². The lowest BCUT2D eigenvalue weighted by Crippen LogP contribution is -2.55. The minimum absolute atomic E-state index is 0.297. The predicted octanol–water partition coefficient (Wildman–Crippen LogP) is 3.52. The number of methoxy groups -OCH3 is 1. The van der Waals surface area contributed by atoms with Crippen molar-refractivity contribution < 1.29 is 4.74 Å². The molecule has 1 aromatic rings. The minimum Gasteiger partial charge on any atom is -0.497 e. The summed E-state index contributed by atoms with van der Waals surface area (Å²) in [6, 6.07) is 8.73. The molecular weight excluding hydrogens is 260 g/mol. The van der Waals surface area contributed by atoms with E-state index in [1.54, 1.807) is 7.11 Å². The molecule has 0 bridgehead atoms. The average Bonchev–Trinajstić information content (AvgIpc) is 3.06. The Labute approximate surface area is 129 Å². The van der Waals surface area contributed by atoms with E-state index < -0.39 is 0 Å². The molecule has 1 aliphatic heterocycles. The third-order valence-electron chi connectivity index (χ3n) is 4.93. The minimum atomic E-state index is -0.297. The topological polar surface area (TPSA) is 38.5 Å². The SMILES string of the molecule is CCCC(N1CCCC1)C(N)(CC)c1cccc(OC)c1. The van der Waals surface area contributed by atoms with Gasteiger partial charge in [0.2, 0.25) is 0 Å². The van der Waals surface area contributed by atoms with Crippen molar-refractivity contribution in [3.05, 3.63) is 29.8 Å². The van der Waals surface area contributed by atoms with Crippen molar-refractivity contribution in [1.29, 1.82) is 0 Å². The van der Waals surface area contributed by atoms with Crippen LogP contribution in [0.4, 0.5) is 0 Å². The van der Waals surface area contributed by atoms with Gasteiger partial charge in [-0.3, -0.25) is 4.90 Å². The maximum atomic E-state index is 6.96. The van der Waals surface area contributed by atoms with E-state index in [1.807, 2.05) is 6.07 Å². The van der Waals surface area contributed by atoms with Gasteiger partial charge in [-0.1, -0.05) is 32.4 Å².